The summed E-state index contributed by atoms with van der Waals surface area (Å²) in [7, 11) is 0. The summed E-state index contributed by atoms with van der Waals surface area (Å²) >= 11 is 3.44. The summed E-state index contributed by atoms with van der Waals surface area (Å²) in [6.07, 6.45) is 0. The fourth-order valence-corrected chi connectivity index (χ4v) is 2.38. The number of nitrogens with one attached hydrogen (secondary N) is 1. The summed E-state index contributed by atoms with van der Waals surface area (Å²) in [6.45, 7) is 3.91. The molecule has 4 heteroatoms. The predicted molar refractivity (Wildman–Crippen MR) is 85.6 cm³/mol. The number of amides is 1. The van der Waals surface area contributed by atoms with Crippen LogP contribution in [0.4, 0.5) is 5.69 Å². The molecule has 0 aliphatic rings. The summed E-state index contributed by atoms with van der Waals surface area (Å²) in [5.74, 6) is -0.110. The molecule has 0 fully saturated rings. The first kappa shape index (κ1) is 14.6. The first-order valence-electron chi connectivity index (χ1n) is 6.40. The van der Waals surface area contributed by atoms with Crippen LogP contribution in [-0.4, -0.2) is 5.91 Å². The van der Waals surface area contributed by atoms with Gasteiger partial charge in [0.15, 0.2) is 0 Å². The van der Waals surface area contributed by atoms with Crippen molar-refractivity contribution in [1.82, 2.24) is 5.32 Å². The molecule has 2 rings (SSSR count). The van der Waals surface area contributed by atoms with Crippen LogP contribution in [0, 0.1) is 6.92 Å². The van der Waals surface area contributed by atoms with Gasteiger partial charge in [0.05, 0.1) is 6.04 Å². The van der Waals surface area contributed by atoms with E-state index in [2.05, 4.69) is 21.2 Å². The van der Waals surface area contributed by atoms with Crippen molar-refractivity contribution in [2.45, 2.75) is 19.9 Å². The first-order chi connectivity index (χ1) is 9.49. The van der Waals surface area contributed by atoms with Crippen molar-refractivity contribution in [3.8, 4) is 0 Å². The van der Waals surface area contributed by atoms with Gasteiger partial charge in [-0.05, 0) is 43.2 Å². The summed E-state index contributed by atoms with van der Waals surface area (Å²) in [4.78, 5) is 12.2. The third kappa shape index (κ3) is 3.20. The fraction of sp³-hybridized carbons (Fsp3) is 0.188. The third-order valence-corrected chi connectivity index (χ3v) is 4.10. The lowest BCUT2D eigenvalue weighted by Gasteiger charge is -2.16. The molecule has 0 spiro atoms. The third-order valence-electron chi connectivity index (χ3n) is 3.24. The van der Waals surface area contributed by atoms with Crippen LogP contribution in [0.5, 0.6) is 0 Å². The summed E-state index contributed by atoms with van der Waals surface area (Å²) in [5.41, 5.74) is 9.26. The van der Waals surface area contributed by atoms with Crippen molar-refractivity contribution in [1.29, 1.82) is 0 Å². The lowest BCUT2D eigenvalue weighted by Crippen LogP contribution is -2.27. The second kappa shape index (κ2) is 6.09. The maximum absolute atomic E-state index is 12.2. The predicted octanol–water partition coefficient (Wildman–Crippen LogP) is 3.83. The molecule has 0 aliphatic heterocycles. The molecule has 2 aromatic rings. The van der Waals surface area contributed by atoms with Gasteiger partial charge in [-0.1, -0.05) is 40.2 Å². The van der Waals surface area contributed by atoms with Gasteiger partial charge in [0.2, 0.25) is 0 Å². The van der Waals surface area contributed by atoms with E-state index < -0.39 is 0 Å². The number of carbonyl (C=O) groups excluding carboxylic acids is 1. The van der Waals surface area contributed by atoms with E-state index in [0.717, 1.165) is 15.6 Å². The summed E-state index contributed by atoms with van der Waals surface area (Å²) in [5, 5.41) is 2.96. The summed E-state index contributed by atoms with van der Waals surface area (Å²) < 4.78 is 0.928. The number of hydrogen-bond acceptors (Lipinski definition) is 2. The average molecular weight is 333 g/mol. The highest BCUT2D eigenvalue weighted by atomic mass is 79.9. The Hall–Kier alpha value is -1.81. The molecule has 20 heavy (non-hydrogen) atoms. The van der Waals surface area contributed by atoms with Crippen LogP contribution in [-0.2, 0) is 0 Å². The lowest BCUT2D eigenvalue weighted by atomic mass is 10.1. The van der Waals surface area contributed by atoms with Crippen LogP contribution in [0.2, 0.25) is 0 Å². The molecule has 0 aromatic heterocycles. The fourth-order valence-electron chi connectivity index (χ4n) is 2.00. The maximum Gasteiger partial charge on any atom is 0.251 e. The molecule has 1 atom stereocenters. The lowest BCUT2D eigenvalue weighted by molar-refractivity contribution is 0.0940. The number of rotatable bonds is 3. The smallest absolute Gasteiger partial charge is 0.251 e. The van der Waals surface area contributed by atoms with E-state index in [9.17, 15) is 4.79 Å². The zero-order chi connectivity index (χ0) is 14.7. The molecule has 3 nitrogen and oxygen atoms in total. The minimum Gasteiger partial charge on any atom is -0.398 e. The van der Waals surface area contributed by atoms with Crippen molar-refractivity contribution in [3.63, 3.8) is 0 Å². The monoisotopic (exact) mass is 332 g/mol. The van der Waals surface area contributed by atoms with Gasteiger partial charge >= 0.3 is 0 Å². The van der Waals surface area contributed by atoms with Gasteiger partial charge in [0.25, 0.3) is 5.91 Å². The van der Waals surface area contributed by atoms with E-state index in [-0.39, 0.29) is 11.9 Å². The van der Waals surface area contributed by atoms with E-state index in [0.29, 0.717) is 11.3 Å². The molecule has 104 valence electrons. The topological polar surface area (TPSA) is 55.1 Å². The Morgan fingerprint density at radius 2 is 1.95 bits per heavy atom. The SMILES string of the molecule is Cc1ccc(C(=O)NC(C)c2ccccc2N)cc1Br. The van der Waals surface area contributed by atoms with Gasteiger partial charge in [0.1, 0.15) is 0 Å². The Morgan fingerprint density at radius 3 is 2.60 bits per heavy atom. The molecule has 1 unspecified atom stereocenters. The number of benzene rings is 2. The van der Waals surface area contributed by atoms with E-state index in [1.54, 1.807) is 0 Å². The number of nitrogen functional groups attached to an aromatic ring is 1. The number of anilines is 1. The van der Waals surface area contributed by atoms with Crippen molar-refractivity contribution in [3.05, 3.63) is 63.6 Å². The largest absolute Gasteiger partial charge is 0.398 e. The molecule has 0 aliphatic carbocycles. The Balaban J connectivity index is 2.15. The van der Waals surface area contributed by atoms with Gasteiger partial charge in [-0.2, -0.15) is 0 Å². The van der Waals surface area contributed by atoms with Crippen LogP contribution < -0.4 is 11.1 Å². The van der Waals surface area contributed by atoms with Gasteiger partial charge < -0.3 is 11.1 Å². The van der Waals surface area contributed by atoms with Crippen molar-refractivity contribution < 1.29 is 4.79 Å². The van der Waals surface area contributed by atoms with Crippen LogP contribution in [0.1, 0.15) is 34.5 Å². The van der Waals surface area contributed by atoms with Gasteiger partial charge in [-0.3, -0.25) is 4.79 Å². The number of aryl methyl sites for hydroxylation is 1. The quantitative estimate of drug-likeness (QED) is 0.839. The minimum absolute atomic E-state index is 0.110. The maximum atomic E-state index is 12.2. The molecule has 0 bridgehead atoms. The standard InChI is InChI=1S/C16H17BrN2O/c1-10-7-8-12(9-14(10)17)16(20)19-11(2)13-5-3-4-6-15(13)18/h3-9,11H,18H2,1-2H3,(H,19,20). The first-order valence-corrected chi connectivity index (χ1v) is 7.19. The number of para-hydroxylation sites is 1. The summed E-state index contributed by atoms with van der Waals surface area (Å²) in [6, 6.07) is 13.0. The molecule has 1 amide bonds. The minimum atomic E-state index is -0.135. The Kier molecular flexibility index (Phi) is 4.45. The number of halogens is 1. The van der Waals surface area contributed by atoms with E-state index in [1.165, 1.54) is 0 Å². The molecule has 0 radical (unpaired) electrons. The zero-order valence-electron chi connectivity index (χ0n) is 11.5. The van der Waals surface area contributed by atoms with Gasteiger partial charge in [-0.15, -0.1) is 0 Å². The zero-order valence-corrected chi connectivity index (χ0v) is 13.1. The highest BCUT2D eigenvalue weighted by molar-refractivity contribution is 9.10. The van der Waals surface area contributed by atoms with Crippen LogP contribution in [0.3, 0.4) is 0 Å². The normalized spacial score (nSPS) is 11.9. The van der Waals surface area contributed by atoms with Crippen LogP contribution in [0.25, 0.3) is 0 Å². The van der Waals surface area contributed by atoms with Gasteiger partial charge in [-0.25, -0.2) is 0 Å². The van der Waals surface area contributed by atoms with E-state index in [4.69, 9.17) is 5.73 Å². The van der Waals surface area contributed by atoms with Crippen LogP contribution in [0.15, 0.2) is 46.9 Å². The molecule has 0 heterocycles. The highest BCUT2D eigenvalue weighted by Crippen LogP contribution is 2.21. The van der Waals surface area contributed by atoms with Gasteiger partial charge in [0, 0.05) is 15.7 Å². The number of nitrogens with two attached hydrogens (primary N) is 1. The van der Waals surface area contributed by atoms with E-state index >= 15 is 0 Å². The molecule has 0 saturated heterocycles. The van der Waals surface area contributed by atoms with Crippen molar-refractivity contribution in [2.75, 3.05) is 5.73 Å². The molecule has 0 saturated carbocycles. The highest BCUT2D eigenvalue weighted by Gasteiger charge is 2.13. The van der Waals surface area contributed by atoms with Crippen LogP contribution >= 0.6 is 15.9 Å². The second-order valence-electron chi connectivity index (χ2n) is 4.79. The van der Waals surface area contributed by atoms with Crippen molar-refractivity contribution in [2.24, 2.45) is 0 Å². The molecule has 2 aromatic carbocycles. The average Bonchev–Trinajstić information content (AvgIpc) is 2.42. The molecular weight excluding hydrogens is 316 g/mol. The Labute approximate surface area is 127 Å². The number of carbonyl (C=O) groups is 1. The Morgan fingerprint density at radius 1 is 1.25 bits per heavy atom. The van der Waals surface area contributed by atoms with Crippen molar-refractivity contribution >= 4 is 27.5 Å². The Bertz CT molecular complexity index is 640. The molecular formula is C16H17BrN2O. The number of hydrogen-bond donors (Lipinski definition) is 2. The molecule has 3 N–H and O–H groups in total. The van der Waals surface area contributed by atoms with E-state index in [1.807, 2.05) is 56.3 Å². The second-order valence-corrected chi connectivity index (χ2v) is 5.64.